The smallest absolute Gasteiger partial charge is 0.333 e. The van der Waals surface area contributed by atoms with Crippen molar-refractivity contribution in [3.8, 4) is 5.75 Å². The first-order valence-electron chi connectivity index (χ1n) is 21.1. The van der Waals surface area contributed by atoms with Crippen LogP contribution in [0.25, 0.3) is 28.6 Å². The summed E-state index contributed by atoms with van der Waals surface area (Å²) in [5.74, 6) is -8.18. The molecule has 0 atom stereocenters. The predicted octanol–water partition coefficient (Wildman–Crippen LogP) is 5.26. The number of allylic oxidation sites excluding steroid dienone is 6. The number of fused-ring (bicyclic) bond motifs is 3. The lowest BCUT2D eigenvalue weighted by Crippen LogP contribution is -2.45. The number of amides is 2. The minimum absolute atomic E-state index is 0.000985. The molecule has 1 saturated heterocycles. The van der Waals surface area contributed by atoms with Crippen molar-refractivity contribution >= 4 is 56.5 Å². The van der Waals surface area contributed by atoms with Crippen LogP contribution < -0.4 is 30.5 Å². The number of nitrogens with zero attached hydrogens (tertiary/aromatic N) is 3. The van der Waals surface area contributed by atoms with Gasteiger partial charge in [-0.25, -0.2) is 26.9 Å². The zero-order valence-corrected chi connectivity index (χ0v) is 35.8. The quantitative estimate of drug-likeness (QED) is 0.0339. The molecule has 62 heavy (non-hydrogen) atoms. The molecule has 11 nitrogen and oxygen atoms in total. The molecule has 0 spiro atoms. The van der Waals surface area contributed by atoms with E-state index in [9.17, 15) is 36.1 Å². The van der Waals surface area contributed by atoms with Crippen molar-refractivity contribution < 1.29 is 54.5 Å². The van der Waals surface area contributed by atoms with E-state index in [1.807, 2.05) is 18.2 Å². The van der Waals surface area contributed by atoms with Gasteiger partial charge in [-0.2, -0.15) is 8.42 Å². The molecule has 1 aromatic heterocycles. The van der Waals surface area contributed by atoms with Crippen molar-refractivity contribution in [3.05, 3.63) is 97.7 Å². The van der Waals surface area contributed by atoms with Gasteiger partial charge in [-0.15, -0.1) is 5.06 Å². The van der Waals surface area contributed by atoms with Crippen LogP contribution in [0, 0.1) is 28.7 Å². The number of aryl methyl sites for hydroxylation is 2. The Hall–Kier alpha value is -5.35. The van der Waals surface area contributed by atoms with Crippen molar-refractivity contribution in [1.82, 2.24) is 14.2 Å². The Morgan fingerprint density at radius 1 is 0.919 bits per heavy atom. The summed E-state index contributed by atoms with van der Waals surface area (Å²) in [5.41, 5.74) is 2.64. The van der Waals surface area contributed by atoms with Crippen molar-refractivity contribution in [2.75, 3.05) is 18.8 Å². The molecule has 0 saturated carbocycles. The van der Waals surface area contributed by atoms with Crippen LogP contribution in [-0.2, 0) is 48.7 Å². The maximum absolute atomic E-state index is 15.7. The third-order valence-electron chi connectivity index (χ3n) is 11.5. The number of hydroxylamine groups is 2. The molecule has 4 aliphatic rings. The van der Waals surface area contributed by atoms with Crippen LogP contribution in [0.1, 0.15) is 96.1 Å². The van der Waals surface area contributed by atoms with Crippen LogP contribution in [-0.4, -0.2) is 59.2 Å². The Labute approximate surface area is 356 Å². The lowest BCUT2D eigenvalue weighted by molar-refractivity contribution is -0.197. The van der Waals surface area contributed by atoms with Gasteiger partial charge in [-0.05, 0) is 62.3 Å². The topological polar surface area (TPSA) is 135 Å². The summed E-state index contributed by atoms with van der Waals surface area (Å²) < 4.78 is 104. The molecule has 0 radical (unpaired) electrons. The lowest BCUT2D eigenvalue weighted by atomic mass is 9.88. The van der Waals surface area contributed by atoms with Gasteiger partial charge in [-0.1, -0.05) is 57.6 Å². The van der Waals surface area contributed by atoms with Gasteiger partial charge >= 0.3 is 5.97 Å². The van der Waals surface area contributed by atoms with E-state index in [0.29, 0.717) is 11.5 Å². The summed E-state index contributed by atoms with van der Waals surface area (Å²) in [7, 11) is -4.34. The predicted molar refractivity (Wildman–Crippen MR) is 224 cm³/mol. The SMILES string of the molecule is CC(C)(C)C1=CC(C=CC=CC=c2/c(=C/CCCS(=O)(=O)O)c3c(F)c(F)c(F)c(F)c3n2CCCCCC(=O)ON2C(=O)CCC2=O)=c2cc3c4c(c2O1)CCC[N+]=4CCC3. The summed E-state index contributed by atoms with van der Waals surface area (Å²) in [6.45, 7) is 8.27. The number of unbranched alkanes of at least 4 members (excludes halogenated alkanes) is 3. The number of halogens is 4. The van der Waals surface area contributed by atoms with E-state index in [1.54, 1.807) is 18.2 Å². The Morgan fingerprint density at radius 3 is 2.34 bits per heavy atom. The first-order valence-corrected chi connectivity index (χ1v) is 22.7. The third kappa shape index (κ3) is 9.36. The number of rotatable bonds is 14. The second-order valence-electron chi connectivity index (χ2n) is 17.1. The highest BCUT2D eigenvalue weighted by Gasteiger charge is 2.34. The highest BCUT2D eigenvalue weighted by atomic mass is 32.2. The summed E-state index contributed by atoms with van der Waals surface area (Å²) in [5, 5.41) is 2.38. The molecule has 4 aliphatic heterocycles. The van der Waals surface area contributed by atoms with Crippen LogP contribution in [0.4, 0.5) is 17.6 Å². The molecule has 7 rings (SSSR count). The molecule has 3 aromatic rings. The molecule has 0 bridgehead atoms. The highest BCUT2D eigenvalue weighted by molar-refractivity contribution is 7.85. The average molecular weight is 881 g/mol. The maximum Gasteiger partial charge on any atom is 0.333 e. The number of hydrogen-bond donors (Lipinski definition) is 1. The number of carbonyl (C=O) groups excluding carboxylic acids is 3. The molecular formula is C46H50F4N3O8S+. The number of imide groups is 1. The summed E-state index contributed by atoms with van der Waals surface area (Å²) >= 11 is 0. The van der Waals surface area contributed by atoms with Crippen molar-refractivity contribution in [3.63, 3.8) is 0 Å². The van der Waals surface area contributed by atoms with Crippen LogP contribution in [0.5, 0.6) is 5.75 Å². The van der Waals surface area contributed by atoms with Gasteiger partial charge in [0.25, 0.3) is 21.9 Å². The van der Waals surface area contributed by atoms with E-state index >= 15 is 8.78 Å². The Morgan fingerprint density at radius 2 is 1.63 bits per heavy atom. The Kier molecular flexibility index (Phi) is 13.1. The number of carbonyl (C=O) groups is 3. The molecule has 16 heteroatoms. The lowest BCUT2D eigenvalue weighted by Gasteiger charge is -2.29. The van der Waals surface area contributed by atoms with Gasteiger partial charge in [0.2, 0.25) is 5.36 Å². The fraction of sp³-hybridized carbons (Fsp3) is 0.435. The molecule has 2 aromatic carbocycles. The number of benzene rings is 2. The fourth-order valence-electron chi connectivity index (χ4n) is 8.56. The average Bonchev–Trinajstić information content (AvgIpc) is 3.71. The van der Waals surface area contributed by atoms with Crippen molar-refractivity contribution in [2.45, 2.75) is 104 Å². The van der Waals surface area contributed by atoms with E-state index in [0.717, 1.165) is 61.1 Å². The highest BCUT2D eigenvalue weighted by Crippen LogP contribution is 2.33. The molecule has 1 N–H and O–H groups in total. The zero-order chi connectivity index (χ0) is 44.5. The monoisotopic (exact) mass is 880 g/mol. The van der Waals surface area contributed by atoms with E-state index in [4.69, 9.17) is 9.57 Å². The van der Waals surface area contributed by atoms with Gasteiger partial charge in [0.05, 0.1) is 16.8 Å². The van der Waals surface area contributed by atoms with Gasteiger partial charge in [0.15, 0.2) is 23.3 Å². The number of hydrogen-bond acceptors (Lipinski definition) is 7. The third-order valence-corrected chi connectivity index (χ3v) is 12.3. The van der Waals surface area contributed by atoms with Crippen molar-refractivity contribution in [2.24, 2.45) is 5.41 Å². The van der Waals surface area contributed by atoms with Crippen LogP contribution in [0.15, 0.2) is 42.2 Å². The van der Waals surface area contributed by atoms with Crippen molar-refractivity contribution in [1.29, 1.82) is 0 Å². The number of aromatic nitrogens is 1. The van der Waals surface area contributed by atoms with E-state index < -0.39 is 67.8 Å². The Balaban J connectivity index is 1.25. The first-order chi connectivity index (χ1) is 29.4. The van der Waals surface area contributed by atoms with E-state index in [2.05, 4.69) is 31.4 Å². The first kappa shape index (κ1) is 44.7. The second kappa shape index (κ2) is 18.2. The summed E-state index contributed by atoms with van der Waals surface area (Å²) in [6, 6.07) is 2.22. The van der Waals surface area contributed by atoms with Crippen LogP contribution in [0.3, 0.4) is 0 Å². The largest absolute Gasteiger partial charge is 0.460 e. The van der Waals surface area contributed by atoms with Gasteiger partial charge in [-0.3, -0.25) is 14.1 Å². The van der Waals surface area contributed by atoms with Crippen LogP contribution >= 0.6 is 0 Å². The molecule has 1 fully saturated rings. The molecule has 0 aliphatic carbocycles. The minimum Gasteiger partial charge on any atom is -0.460 e. The standard InChI is InChI=1S/C46H49F4N3O8S/c1-46(2,3)34-27-28(32-26-29-15-12-22-51-23-13-17-31(43(29)51)45(32)60-34)14-6-4-7-18-33-30(16-9-11-25-62(57,58)59)38-39(47)40(48)41(49)42(50)44(38)52(33)24-10-5-8-19-37(56)61-53-35(54)20-21-36(53)55/h4,6-7,14,16,18,26-27H,5,8-13,15,17,19-25H2,1-3H3/p+1/b30-16-. The van der Waals surface area contributed by atoms with E-state index in [1.165, 1.54) is 27.1 Å². The fourth-order valence-corrected chi connectivity index (χ4v) is 9.09. The van der Waals surface area contributed by atoms with Gasteiger partial charge < -0.3 is 14.1 Å². The Bertz CT molecular complexity index is 2820. The summed E-state index contributed by atoms with van der Waals surface area (Å²) in [6.07, 6.45) is 16.5. The molecule has 0 unspecified atom stereocenters. The number of ether oxygens (including phenoxy) is 1. The molecule has 330 valence electrons. The maximum atomic E-state index is 15.7. The van der Waals surface area contributed by atoms with E-state index in [-0.39, 0.29) is 67.5 Å². The summed E-state index contributed by atoms with van der Waals surface area (Å²) in [4.78, 5) is 40.9. The van der Waals surface area contributed by atoms with Gasteiger partial charge in [0, 0.05) is 70.8 Å². The van der Waals surface area contributed by atoms with Gasteiger partial charge in [0.1, 0.15) is 24.6 Å². The molecular weight excluding hydrogens is 831 g/mol. The zero-order valence-electron chi connectivity index (χ0n) is 35.0. The molecule has 5 heterocycles. The minimum atomic E-state index is -4.34. The molecule has 2 amide bonds. The second-order valence-corrected chi connectivity index (χ2v) is 18.7. The normalized spacial score (nSPS) is 17.5. The van der Waals surface area contributed by atoms with Crippen LogP contribution in [0.2, 0.25) is 0 Å².